The second kappa shape index (κ2) is 5.78. The lowest BCUT2D eigenvalue weighted by Gasteiger charge is -2.15. The van der Waals surface area contributed by atoms with Crippen molar-refractivity contribution in [2.75, 3.05) is 13.2 Å². The van der Waals surface area contributed by atoms with Crippen LogP contribution in [0, 0.1) is 5.92 Å². The second-order valence-corrected chi connectivity index (χ2v) is 7.78. The summed E-state index contributed by atoms with van der Waals surface area (Å²) in [4.78, 5) is 0. The van der Waals surface area contributed by atoms with Crippen LogP contribution in [0.1, 0.15) is 20.8 Å². The zero-order chi connectivity index (χ0) is 8.85. The highest BCUT2D eigenvalue weighted by atomic mass is 28.3. The summed E-state index contributed by atoms with van der Waals surface area (Å²) >= 11 is 0. The van der Waals surface area contributed by atoms with Crippen LogP contribution in [0.25, 0.3) is 0 Å². The predicted octanol–water partition coefficient (Wildman–Crippen LogP) is 2.54. The van der Waals surface area contributed by atoms with Crippen molar-refractivity contribution in [3.8, 4) is 0 Å². The van der Waals surface area contributed by atoms with E-state index in [1.54, 1.807) is 0 Å². The molecule has 0 aliphatic carbocycles. The molecule has 0 aromatic carbocycles. The first-order valence-electron chi connectivity index (χ1n) is 4.61. The van der Waals surface area contributed by atoms with Crippen molar-refractivity contribution >= 4 is 8.80 Å². The quantitative estimate of drug-likeness (QED) is 0.582. The highest BCUT2D eigenvalue weighted by Crippen LogP contribution is 2.09. The van der Waals surface area contributed by atoms with E-state index < -0.39 is 8.80 Å². The number of rotatable bonds is 5. The van der Waals surface area contributed by atoms with Crippen molar-refractivity contribution in [1.29, 1.82) is 0 Å². The lowest BCUT2D eigenvalue weighted by Crippen LogP contribution is -2.16. The standard InChI is InChI=1S/C9H22OSi/c1-8(2)6-10-7-9(3)11(4)5/h8-9,11H,6-7H2,1-5H3. The second-order valence-electron chi connectivity index (χ2n) is 4.15. The van der Waals surface area contributed by atoms with Crippen molar-refractivity contribution in [2.45, 2.75) is 39.4 Å². The fourth-order valence-electron chi connectivity index (χ4n) is 0.682. The van der Waals surface area contributed by atoms with Gasteiger partial charge in [0.25, 0.3) is 0 Å². The molecule has 0 aromatic rings. The molecule has 1 atom stereocenters. The van der Waals surface area contributed by atoms with E-state index in [1.165, 1.54) is 0 Å². The van der Waals surface area contributed by atoms with Crippen molar-refractivity contribution in [1.82, 2.24) is 0 Å². The summed E-state index contributed by atoms with van der Waals surface area (Å²) in [5.74, 6) is 0.677. The average molecular weight is 174 g/mol. The van der Waals surface area contributed by atoms with Crippen molar-refractivity contribution in [2.24, 2.45) is 5.92 Å². The van der Waals surface area contributed by atoms with E-state index in [4.69, 9.17) is 4.74 Å². The Kier molecular flexibility index (Phi) is 5.87. The Morgan fingerprint density at radius 2 is 1.64 bits per heavy atom. The summed E-state index contributed by atoms with van der Waals surface area (Å²) in [6, 6.07) is 0. The molecule has 1 unspecified atom stereocenters. The summed E-state index contributed by atoms with van der Waals surface area (Å²) in [6.45, 7) is 13.3. The molecule has 0 heterocycles. The van der Waals surface area contributed by atoms with Gasteiger partial charge in [0.05, 0.1) is 0 Å². The van der Waals surface area contributed by atoms with Gasteiger partial charge in [0.2, 0.25) is 0 Å². The van der Waals surface area contributed by atoms with Crippen LogP contribution < -0.4 is 0 Å². The van der Waals surface area contributed by atoms with Crippen LogP contribution in [0.15, 0.2) is 0 Å². The maximum Gasteiger partial charge on any atom is 0.0488 e. The van der Waals surface area contributed by atoms with E-state index in [0.29, 0.717) is 5.92 Å². The SMILES string of the molecule is CC(C)COCC(C)[SiH](C)C. The van der Waals surface area contributed by atoms with Gasteiger partial charge in [-0.1, -0.05) is 33.9 Å². The Bertz CT molecular complexity index is 91.6. The lowest BCUT2D eigenvalue weighted by atomic mass is 10.2. The number of hydrogen-bond acceptors (Lipinski definition) is 1. The molecule has 0 fully saturated rings. The van der Waals surface area contributed by atoms with Crippen LogP contribution in [0.2, 0.25) is 18.6 Å². The molecule has 0 aromatic heterocycles. The summed E-state index contributed by atoms with van der Waals surface area (Å²) in [5, 5.41) is 0. The van der Waals surface area contributed by atoms with Gasteiger partial charge in [-0.3, -0.25) is 0 Å². The Labute approximate surface area is 72.7 Å². The minimum Gasteiger partial charge on any atom is -0.381 e. The summed E-state index contributed by atoms with van der Waals surface area (Å²) < 4.78 is 5.55. The molecule has 1 nitrogen and oxygen atoms in total. The van der Waals surface area contributed by atoms with Crippen LogP contribution in [-0.2, 0) is 4.74 Å². The average Bonchev–Trinajstić information content (AvgIpc) is 1.86. The molecule has 0 aliphatic heterocycles. The smallest absolute Gasteiger partial charge is 0.0488 e. The van der Waals surface area contributed by atoms with Crippen LogP contribution in [0.4, 0.5) is 0 Å². The molecule has 0 rings (SSSR count). The summed E-state index contributed by atoms with van der Waals surface area (Å²) in [5.41, 5.74) is 0.828. The van der Waals surface area contributed by atoms with Gasteiger partial charge in [0.15, 0.2) is 0 Å². The van der Waals surface area contributed by atoms with E-state index in [0.717, 1.165) is 18.8 Å². The zero-order valence-corrected chi connectivity index (χ0v) is 9.71. The highest BCUT2D eigenvalue weighted by molar-refractivity contribution is 6.57. The van der Waals surface area contributed by atoms with Gasteiger partial charge in [-0.05, 0) is 11.5 Å². The molecule has 0 radical (unpaired) electrons. The Morgan fingerprint density at radius 3 is 2.00 bits per heavy atom. The van der Waals surface area contributed by atoms with E-state index in [2.05, 4.69) is 33.9 Å². The van der Waals surface area contributed by atoms with Crippen LogP contribution in [0.3, 0.4) is 0 Å². The van der Waals surface area contributed by atoms with Crippen molar-refractivity contribution in [3.63, 3.8) is 0 Å². The third kappa shape index (κ3) is 6.57. The molecule has 11 heavy (non-hydrogen) atoms. The Balaban J connectivity index is 3.24. The number of hydrogen-bond donors (Lipinski definition) is 0. The minimum atomic E-state index is -0.453. The van der Waals surface area contributed by atoms with Crippen LogP contribution in [0.5, 0.6) is 0 Å². The maximum absolute atomic E-state index is 5.55. The molecule has 0 spiro atoms. The van der Waals surface area contributed by atoms with Gasteiger partial charge in [0.1, 0.15) is 0 Å². The third-order valence-electron chi connectivity index (χ3n) is 1.97. The topological polar surface area (TPSA) is 9.23 Å². The van der Waals surface area contributed by atoms with Crippen molar-refractivity contribution in [3.05, 3.63) is 0 Å². The fourth-order valence-corrected chi connectivity index (χ4v) is 1.20. The summed E-state index contributed by atoms with van der Waals surface area (Å²) in [6.07, 6.45) is 0. The van der Waals surface area contributed by atoms with E-state index in [-0.39, 0.29) is 0 Å². The first-order valence-corrected chi connectivity index (χ1v) is 7.59. The van der Waals surface area contributed by atoms with Gasteiger partial charge < -0.3 is 4.74 Å². The highest BCUT2D eigenvalue weighted by Gasteiger charge is 2.07. The Morgan fingerprint density at radius 1 is 1.09 bits per heavy atom. The van der Waals surface area contributed by atoms with E-state index in [1.807, 2.05) is 0 Å². The molecule has 0 bridgehead atoms. The molecular formula is C9H22OSi. The van der Waals surface area contributed by atoms with E-state index in [9.17, 15) is 0 Å². The number of ether oxygens (including phenoxy) is 1. The predicted molar refractivity (Wildman–Crippen MR) is 54.0 cm³/mol. The zero-order valence-electron chi connectivity index (χ0n) is 8.55. The first kappa shape index (κ1) is 11.2. The van der Waals surface area contributed by atoms with Gasteiger partial charge in [-0.25, -0.2) is 0 Å². The summed E-state index contributed by atoms with van der Waals surface area (Å²) in [7, 11) is -0.453. The molecular weight excluding hydrogens is 152 g/mol. The molecule has 2 heteroatoms. The largest absolute Gasteiger partial charge is 0.381 e. The van der Waals surface area contributed by atoms with Gasteiger partial charge >= 0.3 is 0 Å². The van der Waals surface area contributed by atoms with Gasteiger partial charge in [0, 0.05) is 22.0 Å². The van der Waals surface area contributed by atoms with Crippen molar-refractivity contribution < 1.29 is 4.74 Å². The first-order chi connectivity index (χ1) is 5.04. The van der Waals surface area contributed by atoms with Gasteiger partial charge in [-0.15, -0.1) is 0 Å². The van der Waals surface area contributed by atoms with E-state index >= 15 is 0 Å². The maximum atomic E-state index is 5.55. The normalized spacial score (nSPS) is 14.5. The van der Waals surface area contributed by atoms with Crippen LogP contribution >= 0.6 is 0 Å². The fraction of sp³-hybridized carbons (Fsp3) is 1.00. The monoisotopic (exact) mass is 174 g/mol. The lowest BCUT2D eigenvalue weighted by molar-refractivity contribution is 0.110. The van der Waals surface area contributed by atoms with Gasteiger partial charge in [-0.2, -0.15) is 0 Å². The molecule has 0 saturated heterocycles. The Hall–Kier alpha value is 0.177. The molecule has 0 N–H and O–H groups in total. The molecule has 0 aliphatic rings. The molecule has 0 amide bonds. The molecule has 68 valence electrons. The minimum absolute atomic E-state index is 0.453. The third-order valence-corrected chi connectivity index (χ3v) is 4.44. The molecule has 0 saturated carbocycles. The van der Waals surface area contributed by atoms with Crippen LogP contribution in [-0.4, -0.2) is 22.0 Å².